The number of aliphatic hydroxyl groups excluding tert-OH is 1. The summed E-state index contributed by atoms with van der Waals surface area (Å²) in [6, 6.07) is 11.9. The summed E-state index contributed by atoms with van der Waals surface area (Å²) in [5.41, 5.74) is 1.79. The highest BCUT2D eigenvalue weighted by Crippen LogP contribution is 2.32. The Morgan fingerprint density at radius 3 is 2.82 bits per heavy atom. The molecule has 1 atom stereocenters. The quantitative estimate of drug-likeness (QED) is 0.746. The van der Waals surface area contributed by atoms with Crippen molar-refractivity contribution in [1.82, 2.24) is 4.98 Å². The number of aromatic nitrogens is 1. The minimum atomic E-state index is -0.597. The highest BCUT2D eigenvalue weighted by atomic mass is 32.1. The summed E-state index contributed by atoms with van der Waals surface area (Å²) in [5, 5.41) is 13.5. The van der Waals surface area contributed by atoms with Gasteiger partial charge in [0, 0.05) is 28.2 Å². The molecule has 3 rings (SSSR count). The van der Waals surface area contributed by atoms with Crippen molar-refractivity contribution < 1.29 is 5.11 Å². The van der Waals surface area contributed by atoms with E-state index < -0.39 is 6.10 Å². The molecule has 2 nitrogen and oxygen atoms in total. The topological polar surface area (TPSA) is 33.1 Å². The van der Waals surface area contributed by atoms with Gasteiger partial charge >= 0.3 is 0 Å². The first-order valence-electron chi connectivity index (χ1n) is 5.40. The second-order valence-corrected chi connectivity index (χ2v) is 4.79. The molecule has 0 saturated carbocycles. The number of benzene rings is 1. The summed E-state index contributed by atoms with van der Waals surface area (Å²) >= 11 is 1.66. The van der Waals surface area contributed by atoms with Gasteiger partial charge in [-0.25, -0.2) is 0 Å². The fraction of sp³-hybridized carbons (Fsp3) is 0.0714. The highest BCUT2D eigenvalue weighted by Gasteiger charge is 2.14. The maximum absolute atomic E-state index is 10.3. The van der Waals surface area contributed by atoms with Gasteiger partial charge in [-0.05, 0) is 22.9 Å². The van der Waals surface area contributed by atoms with Crippen LogP contribution in [0.2, 0.25) is 0 Å². The minimum Gasteiger partial charge on any atom is -0.384 e. The van der Waals surface area contributed by atoms with E-state index in [1.165, 1.54) is 4.70 Å². The van der Waals surface area contributed by atoms with Gasteiger partial charge in [-0.3, -0.25) is 4.98 Å². The molecule has 0 aliphatic carbocycles. The largest absolute Gasteiger partial charge is 0.384 e. The normalized spacial score (nSPS) is 12.8. The lowest BCUT2D eigenvalue weighted by Crippen LogP contribution is -1.98. The van der Waals surface area contributed by atoms with Crippen LogP contribution in [0, 0.1) is 0 Å². The van der Waals surface area contributed by atoms with Gasteiger partial charge in [0.05, 0.1) is 0 Å². The molecule has 0 aliphatic heterocycles. The first kappa shape index (κ1) is 10.4. The van der Waals surface area contributed by atoms with Gasteiger partial charge in [-0.2, -0.15) is 0 Å². The average Bonchev–Trinajstić information content (AvgIpc) is 2.83. The van der Waals surface area contributed by atoms with Crippen molar-refractivity contribution in [2.24, 2.45) is 0 Å². The lowest BCUT2D eigenvalue weighted by Gasteiger charge is -2.09. The van der Waals surface area contributed by atoms with E-state index in [4.69, 9.17) is 0 Å². The highest BCUT2D eigenvalue weighted by molar-refractivity contribution is 7.17. The second-order valence-electron chi connectivity index (χ2n) is 3.88. The molecular formula is C14H11NOS. The van der Waals surface area contributed by atoms with Crippen LogP contribution in [0.25, 0.3) is 10.1 Å². The van der Waals surface area contributed by atoms with Crippen molar-refractivity contribution in [2.75, 3.05) is 0 Å². The molecule has 2 aromatic heterocycles. The standard InChI is InChI=1S/C14H11NOS/c16-14(10-4-3-7-15-8-10)12-9-17-13-6-2-1-5-11(12)13/h1-9,14,16H. The Hall–Kier alpha value is -1.71. The smallest absolute Gasteiger partial charge is 0.107 e. The van der Waals surface area contributed by atoms with Gasteiger partial charge < -0.3 is 5.11 Å². The van der Waals surface area contributed by atoms with Gasteiger partial charge in [0.15, 0.2) is 0 Å². The molecule has 17 heavy (non-hydrogen) atoms. The summed E-state index contributed by atoms with van der Waals surface area (Å²) in [7, 11) is 0. The Morgan fingerprint density at radius 1 is 1.12 bits per heavy atom. The molecule has 0 bridgehead atoms. The number of pyridine rings is 1. The summed E-state index contributed by atoms with van der Waals surface area (Å²) in [5.74, 6) is 0. The number of rotatable bonds is 2. The first-order valence-corrected chi connectivity index (χ1v) is 6.28. The Bertz CT molecular complexity index is 633. The van der Waals surface area contributed by atoms with Crippen LogP contribution in [0.15, 0.2) is 54.2 Å². The third-order valence-corrected chi connectivity index (χ3v) is 3.79. The maximum atomic E-state index is 10.3. The van der Waals surface area contributed by atoms with Crippen molar-refractivity contribution in [3.63, 3.8) is 0 Å². The third kappa shape index (κ3) is 1.84. The molecule has 0 amide bonds. The van der Waals surface area contributed by atoms with E-state index in [1.807, 2.05) is 35.7 Å². The number of hydrogen-bond acceptors (Lipinski definition) is 3. The van der Waals surface area contributed by atoms with Gasteiger partial charge in [-0.15, -0.1) is 11.3 Å². The number of nitrogens with zero attached hydrogens (tertiary/aromatic N) is 1. The van der Waals surface area contributed by atoms with E-state index in [1.54, 1.807) is 23.7 Å². The summed E-state index contributed by atoms with van der Waals surface area (Å²) in [6.07, 6.45) is 2.82. The number of aliphatic hydroxyl groups is 1. The number of hydrogen-bond donors (Lipinski definition) is 1. The number of thiophene rings is 1. The van der Waals surface area contributed by atoms with E-state index in [0.717, 1.165) is 16.5 Å². The zero-order valence-corrected chi connectivity index (χ0v) is 9.89. The Morgan fingerprint density at radius 2 is 2.00 bits per heavy atom. The lowest BCUT2D eigenvalue weighted by atomic mass is 10.0. The Balaban J connectivity index is 2.10. The fourth-order valence-corrected chi connectivity index (χ4v) is 2.91. The van der Waals surface area contributed by atoms with Crippen molar-refractivity contribution in [1.29, 1.82) is 0 Å². The van der Waals surface area contributed by atoms with Crippen LogP contribution in [0.5, 0.6) is 0 Å². The summed E-state index contributed by atoms with van der Waals surface area (Å²) in [6.45, 7) is 0. The van der Waals surface area contributed by atoms with Crippen molar-refractivity contribution in [3.8, 4) is 0 Å². The molecule has 0 saturated heterocycles. The molecular weight excluding hydrogens is 230 g/mol. The van der Waals surface area contributed by atoms with Gasteiger partial charge in [0.2, 0.25) is 0 Å². The second kappa shape index (κ2) is 4.28. The molecule has 0 radical (unpaired) electrons. The monoisotopic (exact) mass is 241 g/mol. The fourth-order valence-electron chi connectivity index (χ4n) is 1.93. The van der Waals surface area contributed by atoms with E-state index in [0.29, 0.717) is 0 Å². The minimum absolute atomic E-state index is 0.597. The predicted molar refractivity (Wildman–Crippen MR) is 70.1 cm³/mol. The van der Waals surface area contributed by atoms with Crippen molar-refractivity contribution >= 4 is 21.4 Å². The molecule has 84 valence electrons. The van der Waals surface area contributed by atoms with E-state index >= 15 is 0 Å². The molecule has 1 N–H and O–H groups in total. The molecule has 0 aliphatic rings. The molecule has 3 aromatic rings. The van der Waals surface area contributed by atoms with Crippen LogP contribution in [-0.4, -0.2) is 10.1 Å². The molecule has 1 unspecified atom stereocenters. The summed E-state index contributed by atoms with van der Waals surface area (Å²) < 4.78 is 1.20. The van der Waals surface area contributed by atoms with Crippen LogP contribution in [-0.2, 0) is 0 Å². The van der Waals surface area contributed by atoms with E-state index in [9.17, 15) is 5.11 Å². The third-order valence-electron chi connectivity index (χ3n) is 2.81. The van der Waals surface area contributed by atoms with Crippen LogP contribution in [0.4, 0.5) is 0 Å². The van der Waals surface area contributed by atoms with E-state index in [-0.39, 0.29) is 0 Å². The van der Waals surface area contributed by atoms with Crippen molar-refractivity contribution in [2.45, 2.75) is 6.10 Å². The first-order chi connectivity index (χ1) is 8.36. The van der Waals surface area contributed by atoms with E-state index in [2.05, 4.69) is 11.1 Å². The number of fused-ring (bicyclic) bond motifs is 1. The summed E-state index contributed by atoms with van der Waals surface area (Å²) in [4.78, 5) is 4.04. The molecule has 1 aromatic carbocycles. The SMILES string of the molecule is OC(c1cccnc1)c1csc2ccccc12. The lowest BCUT2D eigenvalue weighted by molar-refractivity contribution is 0.222. The van der Waals surface area contributed by atoms with Gasteiger partial charge in [-0.1, -0.05) is 24.3 Å². The van der Waals surface area contributed by atoms with Crippen molar-refractivity contribution in [3.05, 3.63) is 65.3 Å². The maximum Gasteiger partial charge on any atom is 0.107 e. The molecule has 0 spiro atoms. The van der Waals surface area contributed by atoms with Crippen LogP contribution >= 0.6 is 11.3 Å². The zero-order valence-electron chi connectivity index (χ0n) is 9.08. The predicted octanol–water partition coefficient (Wildman–Crippen LogP) is 3.38. The molecule has 0 fully saturated rings. The Kier molecular flexibility index (Phi) is 2.63. The average molecular weight is 241 g/mol. The molecule has 3 heteroatoms. The van der Waals surface area contributed by atoms with Gasteiger partial charge in [0.1, 0.15) is 6.10 Å². The zero-order chi connectivity index (χ0) is 11.7. The van der Waals surface area contributed by atoms with Crippen LogP contribution in [0.3, 0.4) is 0 Å². The van der Waals surface area contributed by atoms with Crippen LogP contribution in [0.1, 0.15) is 17.2 Å². The molecule has 2 heterocycles. The van der Waals surface area contributed by atoms with Crippen LogP contribution < -0.4 is 0 Å². The Labute approximate surface area is 103 Å². The van der Waals surface area contributed by atoms with Gasteiger partial charge in [0.25, 0.3) is 0 Å².